The van der Waals surface area contributed by atoms with Crippen LogP contribution >= 0.6 is 0 Å². The molecule has 0 bridgehead atoms. The molecule has 1 aliphatic heterocycles. The van der Waals surface area contributed by atoms with Gasteiger partial charge in [0.25, 0.3) is 0 Å². The highest BCUT2D eigenvalue weighted by Crippen LogP contribution is 2.33. The SMILES string of the molecule is COCCNCC1CCCOC1c1cccc(F)c1. The molecule has 0 saturated carbocycles. The molecule has 106 valence electrons. The molecule has 4 heteroatoms. The second kappa shape index (κ2) is 7.58. The highest BCUT2D eigenvalue weighted by molar-refractivity contribution is 5.20. The molecule has 0 aromatic heterocycles. The first-order valence-electron chi connectivity index (χ1n) is 6.88. The van der Waals surface area contributed by atoms with Crippen molar-refractivity contribution in [2.75, 3.05) is 33.4 Å². The third-order valence-electron chi connectivity index (χ3n) is 3.51. The van der Waals surface area contributed by atoms with E-state index in [0.29, 0.717) is 12.5 Å². The number of methoxy groups -OCH3 is 1. The minimum absolute atomic E-state index is 0.000468. The summed E-state index contributed by atoms with van der Waals surface area (Å²) in [6, 6.07) is 6.75. The number of benzene rings is 1. The molecule has 1 fully saturated rings. The van der Waals surface area contributed by atoms with Crippen molar-refractivity contribution < 1.29 is 13.9 Å². The van der Waals surface area contributed by atoms with Crippen LogP contribution in [-0.2, 0) is 9.47 Å². The lowest BCUT2D eigenvalue weighted by Gasteiger charge is -2.32. The largest absolute Gasteiger partial charge is 0.383 e. The van der Waals surface area contributed by atoms with E-state index in [-0.39, 0.29) is 11.9 Å². The number of hydrogen-bond donors (Lipinski definition) is 1. The fourth-order valence-corrected chi connectivity index (χ4v) is 2.57. The number of nitrogens with one attached hydrogen (secondary N) is 1. The lowest BCUT2D eigenvalue weighted by atomic mass is 9.89. The summed E-state index contributed by atoms with van der Waals surface area (Å²) in [6.45, 7) is 3.18. The van der Waals surface area contributed by atoms with Gasteiger partial charge >= 0.3 is 0 Å². The molecule has 1 aromatic carbocycles. The van der Waals surface area contributed by atoms with Gasteiger partial charge < -0.3 is 14.8 Å². The van der Waals surface area contributed by atoms with Crippen molar-refractivity contribution >= 4 is 0 Å². The van der Waals surface area contributed by atoms with Crippen LogP contribution < -0.4 is 5.32 Å². The zero-order valence-corrected chi connectivity index (χ0v) is 11.4. The Bertz CT molecular complexity index is 386. The number of ether oxygens (including phenoxy) is 2. The summed E-state index contributed by atoms with van der Waals surface area (Å²) >= 11 is 0. The van der Waals surface area contributed by atoms with Gasteiger partial charge in [-0.2, -0.15) is 0 Å². The minimum atomic E-state index is -0.197. The van der Waals surface area contributed by atoms with Gasteiger partial charge in [0.05, 0.1) is 12.7 Å². The van der Waals surface area contributed by atoms with Gasteiger partial charge in [0.15, 0.2) is 0 Å². The quantitative estimate of drug-likeness (QED) is 0.803. The first-order chi connectivity index (χ1) is 9.31. The third kappa shape index (κ3) is 4.27. The molecule has 1 aromatic rings. The molecule has 0 aliphatic carbocycles. The van der Waals surface area contributed by atoms with Gasteiger partial charge in [0.2, 0.25) is 0 Å². The van der Waals surface area contributed by atoms with Crippen molar-refractivity contribution in [3.63, 3.8) is 0 Å². The van der Waals surface area contributed by atoms with E-state index >= 15 is 0 Å². The van der Waals surface area contributed by atoms with E-state index in [2.05, 4.69) is 5.32 Å². The fourth-order valence-electron chi connectivity index (χ4n) is 2.57. The van der Waals surface area contributed by atoms with Gasteiger partial charge in [-0.1, -0.05) is 12.1 Å². The first kappa shape index (κ1) is 14.4. The molecule has 0 amide bonds. The van der Waals surface area contributed by atoms with E-state index in [0.717, 1.165) is 38.1 Å². The molecule has 0 radical (unpaired) electrons. The van der Waals surface area contributed by atoms with Crippen LogP contribution in [0.5, 0.6) is 0 Å². The summed E-state index contributed by atoms with van der Waals surface area (Å²) in [6.07, 6.45) is 2.18. The Hall–Kier alpha value is -0.970. The first-order valence-corrected chi connectivity index (χ1v) is 6.88. The zero-order chi connectivity index (χ0) is 13.5. The summed E-state index contributed by atoms with van der Waals surface area (Å²) in [4.78, 5) is 0. The number of hydrogen-bond acceptors (Lipinski definition) is 3. The van der Waals surface area contributed by atoms with Crippen molar-refractivity contribution in [2.24, 2.45) is 5.92 Å². The van der Waals surface area contributed by atoms with E-state index in [1.54, 1.807) is 19.2 Å². The molecule has 1 heterocycles. The van der Waals surface area contributed by atoms with Gasteiger partial charge in [-0.15, -0.1) is 0 Å². The number of halogens is 1. The van der Waals surface area contributed by atoms with Gasteiger partial charge in [0, 0.05) is 32.7 Å². The molecule has 2 atom stereocenters. The summed E-state index contributed by atoms with van der Waals surface area (Å²) in [5.74, 6) is 0.199. The summed E-state index contributed by atoms with van der Waals surface area (Å²) in [7, 11) is 1.70. The van der Waals surface area contributed by atoms with Gasteiger partial charge in [-0.3, -0.25) is 0 Å². The average molecular weight is 267 g/mol. The maximum Gasteiger partial charge on any atom is 0.123 e. The molecule has 1 aliphatic rings. The van der Waals surface area contributed by atoms with Crippen LogP contribution in [0, 0.1) is 11.7 Å². The van der Waals surface area contributed by atoms with E-state index in [4.69, 9.17) is 9.47 Å². The van der Waals surface area contributed by atoms with Crippen LogP contribution in [0.3, 0.4) is 0 Å². The monoisotopic (exact) mass is 267 g/mol. The highest BCUT2D eigenvalue weighted by Gasteiger charge is 2.27. The van der Waals surface area contributed by atoms with E-state index < -0.39 is 0 Å². The van der Waals surface area contributed by atoms with Crippen molar-refractivity contribution in [1.82, 2.24) is 5.32 Å². The van der Waals surface area contributed by atoms with Crippen molar-refractivity contribution in [2.45, 2.75) is 18.9 Å². The Morgan fingerprint density at radius 2 is 2.37 bits per heavy atom. The van der Waals surface area contributed by atoms with E-state index in [1.807, 2.05) is 6.07 Å². The van der Waals surface area contributed by atoms with Gasteiger partial charge in [-0.25, -0.2) is 4.39 Å². The lowest BCUT2D eigenvalue weighted by Crippen LogP contribution is -2.33. The lowest BCUT2D eigenvalue weighted by molar-refractivity contribution is -0.0281. The third-order valence-corrected chi connectivity index (χ3v) is 3.51. The Morgan fingerprint density at radius 3 is 3.16 bits per heavy atom. The van der Waals surface area contributed by atoms with E-state index in [1.165, 1.54) is 6.07 Å². The smallest absolute Gasteiger partial charge is 0.123 e. The van der Waals surface area contributed by atoms with Crippen molar-refractivity contribution in [3.05, 3.63) is 35.6 Å². The molecule has 3 nitrogen and oxygen atoms in total. The number of rotatable bonds is 6. The fraction of sp³-hybridized carbons (Fsp3) is 0.600. The normalized spacial score (nSPS) is 23.5. The molecular weight excluding hydrogens is 245 g/mol. The molecule has 1 saturated heterocycles. The zero-order valence-electron chi connectivity index (χ0n) is 11.4. The van der Waals surface area contributed by atoms with Crippen LogP contribution in [0.2, 0.25) is 0 Å². The van der Waals surface area contributed by atoms with Crippen LogP contribution in [0.1, 0.15) is 24.5 Å². The Balaban J connectivity index is 1.95. The standard InChI is InChI=1S/C15H22FNO2/c1-18-9-7-17-11-13-5-3-8-19-15(13)12-4-2-6-14(16)10-12/h2,4,6,10,13,15,17H,3,5,7-9,11H2,1H3. The van der Waals surface area contributed by atoms with Crippen LogP contribution in [0.4, 0.5) is 4.39 Å². The predicted molar refractivity (Wildman–Crippen MR) is 72.6 cm³/mol. The average Bonchev–Trinajstić information content (AvgIpc) is 2.44. The molecule has 0 spiro atoms. The topological polar surface area (TPSA) is 30.5 Å². The molecule has 2 unspecified atom stereocenters. The highest BCUT2D eigenvalue weighted by atomic mass is 19.1. The summed E-state index contributed by atoms with van der Waals surface area (Å²) in [5, 5.41) is 3.37. The van der Waals surface area contributed by atoms with Gasteiger partial charge in [-0.05, 0) is 30.5 Å². The second-order valence-corrected chi connectivity index (χ2v) is 4.95. The predicted octanol–water partition coefficient (Wildman–Crippen LogP) is 2.53. The molecule has 19 heavy (non-hydrogen) atoms. The summed E-state index contributed by atoms with van der Waals surface area (Å²) in [5.41, 5.74) is 0.943. The maximum absolute atomic E-state index is 13.3. The Labute approximate surface area is 114 Å². The van der Waals surface area contributed by atoms with Crippen LogP contribution in [0.25, 0.3) is 0 Å². The Kier molecular flexibility index (Phi) is 5.76. The maximum atomic E-state index is 13.3. The minimum Gasteiger partial charge on any atom is -0.383 e. The van der Waals surface area contributed by atoms with Gasteiger partial charge in [0.1, 0.15) is 5.82 Å². The second-order valence-electron chi connectivity index (χ2n) is 4.95. The summed E-state index contributed by atoms with van der Waals surface area (Å²) < 4.78 is 24.2. The molecule has 1 N–H and O–H groups in total. The van der Waals surface area contributed by atoms with Crippen molar-refractivity contribution in [3.8, 4) is 0 Å². The van der Waals surface area contributed by atoms with Crippen LogP contribution in [-0.4, -0.2) is 33.4 Å². The molecule has 2 rings (SSSR count). The van der Waals surface area contributed by atoms with E-state index in [9.17, 15) is 4.39 Å². The molecular formula is C15H22FNO2. The van der Waals surface area contributed by atoms with Crippen molar-refractivity contribution in [1.29, 1.82) is 0 Å². The van der Waals surface area contributed by atoms with Crippen LogP contribution in [0.15, 0.2) is 24.3 Å². The Morgan fingerprint density at radius 1 is 1.47 bits per heavy atom.